The Morgan fingerprint density at radius 2 is 1.62 bits per heavy atom. The lowest BCUT2D eigenvalue weighted by Gasteiger charge is -2.14. The summed E-state index contributed by atoms with van der Waals surface area (Å²) in [5.41, 5.74) is 0.531. The van der Waals surface area contributed by atoms with E-state index < -0.39 is 30.3 Å². The molecule has 0 spiro atoms. The molecule has 0 unspecified atom stereocenters. The van der Waals surface area contributed by atoms with Crippen LogP contribution < -0.4 is 10.6 Å². The molecule has 1 aliphatic rings. The number of fused-ring (bicyclic) bond motifs is 1. The van der Waals surface area contributed by atoms with Gasteiger partial charge < -0.3 is 5.32 Å². The first-order valence-corrected chi connectivity index (χ1v) is 6.45. The summed E-state index contributed by atoms with van der Waals surface area (Å²) < 4.78 is 0. The van der Waals surface area contributed by atoms with Gasteiger partial charge in [0.25, 0.3) is 11.8 Å². The maximum absolute atomic E-state index is 12.0. The minimum atomic E-state index is -0.720. The highest BCUT2D eigenvalue weighted by molar-refractivity contribution is 6.22. The van der Waals surface area contributed by atoms with Crippen molar-refractivity contribution in [1.29, 1.82) is 0 Å². The molecule has 2 rings (SSSR count). The van der Waals surface area contributed by atoms with Crippen LogP contribution in [-0.4, -0.2) is 41.2 Å². The molecular formula is C14H15N3O4. The third-order valence-corrected chi connectivity index (χ3v) is 2.85. The van der Waals surface area contributed by atoms with Crippen LogP contribution in [0.5, 0.6) is 0 Å². The Morgan fingerprint density at radius 1 is 1.10 bits per heavy atom. The SMILES string of the molecule is CC(C)NC(=O)NC(=O)CN1C(=O)c2ccccc2C1=O. The molecule has 0 radical (unpaired) electrons. The van der Waals surface area contributed by atoms with Crippen LogP contribution in [0.4, 0.5) is 4.79 Å². The molecule has 7 heteroatoms. The summed E-state index contributed by atoms with van der Waals surface area (Å²) in [4.78, 5) is 48.0. The fraction of sp³-hybridized carbons (Fsp3) is 0.286. The van der Waals surface area contributed by atoms with E-state index in [1.54, 1.807) is 26.0 Å². The second-order valence-corrected chi connectivity index (χ2v) is 4.92. The molecule has 7 nitrogen and oxygen atoms in total. The summed E-state index contributed by atoms with van der Waals surface area (Å²) >= 11 is 0. The number of hydrogen-bond acceptors (Lipinski definition) is 4. The van der Waals surface area contributed by atoms with Crippen molar-refractivity contribution in [2.75, 3.05) is 6.54 Å². The first-order chi connectivity index (χ1) is 9.90. The van der Waals surface area contributed by atoms with E-state index in [0.717, 1.165) is 4.90 Å². The van der Waals surface area contributed by atoms with Crippen LogP contribution in [0.15, 0.2) is 24.3 Å². The van der Waals surface area contributed by atoms with E-state index >= 15 is 0 Å². The molecule has 1 aliphatic heterocycles. The quantitative estimate of drug-likeness (QED) is 0.793. The Bertz CT molecular complexity index is 589. The minimum absolute atomic E-state index is 0.128. The second kappa shape index (κ2) is 5.74. The Morgan fingerprint density at radius 3 is 2.10 bits per heavy atom. The summed E-state index contributed by atoms with van der Waals surface area (Å²) in [7, 11) is 0. The lowest BCUT2D eigenvalue weighted by molar-refractivity contribution is -0.120. The van der Waals surface area contributed by atoms with E-state index in [2.05, 4.69) is 10.6 Å². The fourth-order valence-electron chi connectivity index (χ4n) is 1.99. The Hall–Kier alpha value is -2.70. The van der Waals surface area contributed by atoms with Gasteiger partial charge in [-0.3, -0.25) is 24.6 Å². The van der Waals surface area contributed by atoms with Gasteiger partial charge in [-0.25, -0.2) is 4.79 Å². The van der Waals surface area contributed by atoms with Crippen LogP contribution in [0.25, 0.3) is 0 Å². The molecule has 5 amide bonds. The van der Waals surface area contributed by atoms with Crippen molar-refractivity contribution in [2.45, 2.75) is 19.9 Å². The third kappa shape index (κ3) is 3.07. The molecule has 0 saturated heterocycles. The van der Waals surface area contributed by atoms with Gasteiger partial charge in [-0.15, -0.1) is 0 Å². The van der Waals surface area contributed by atoms with Crippen LogP contribution >= 0.6 is 0 Å². The zero-order valence-electron chi connectivity index (χ0n) is 11.7. The zero-order valence-corrected chi connectivity index (χ0v) is 11.7. The topological polar surface area (TPSA) is 95.6 Å². The lowest BCUT2D eigenvalue weighted by atomic mass is 10.1. The Kier molecular flexibility index (Phi) is 4.02. The van der Waals surface area contributed by atoms with E-state index in [1.165, 1.54) is 12.1 Å². The molecule has 2 N–H and O–H groups in total. The van der Waals surface area contributed by atoms with Crippen LogP contribution in [0.2, 0.25) is 0 Å². The van der Waals surface area contributed by atoms with Crippen molar-refractivity contribution >= 4 is 23.8 Å². The maximum atomic E-state index is 12.0. The predicted octanol–water partition coefficient (Wildman–Crippen LogP) is 0.517. The number of nitrogens with one attached hydrogen (secondary N) is 2. The maximum Gasteiger partial charge on any atom is 0.321 e. The Labute approximate surface area is 121 Å². The van der Waals surface area contributed by atoms with Gasteiger partial charge in [0.15, 0.2) is 0 Å². The van der Waals surface area contributed by atoms with E-state index in [4.69, 9.17) is 0 Å². The monoisotopic (exact) mass is 289 g/mol. The van der Waals surface area contributed by atoms with Crippen molar-refractivity contribution < 1.29 is 19.2 Å². The molecule has 0 fully saturated rings. The number of carbonyl (C=O) groups excluding carboxylic acids is 4. The van der Waals surface area contributed by atoms with E-state index in [1.807, 2.05) is 0 Å². The van der Waals surface area contributed by atoms with E-state index in [9.17, 15) is 19.2 Å². The first kappa shape index (κ1) is 14.7. The highest BCUT2D eigenvalue weighted by Crippen LogP contribution is 2.21. The van der Waals surface area contributed by atoms with Gasteiger partial charge >= 0.3 is 6.03 Å². The summed E-state index contributed by atoms with van der Waals surface area (Å²) in [6, 6.07) is 5.55. The highest BCUT2D eigenvalue weighted by Gasteiger charge is 2.36. The van der Waals surface area contributed by atoms with Crippen molar-refractivity contribution in [3.8, 4) is 0 Å². The number of amides is 5. The molecule has 0 atom stereocenters. The number of nitrogens with zero attached hydrogens (tertiary/aromatic N) is 1. The molecule has 1 aromatic rings. The number of hydrogen-bond donors (Lipinski definition) is 2. The van der Waals surface area contributed by atoms with Gasteiger partial charge in [0.2, 0.25) is 5.91 Å². The summed E-state index contributed by atoms with van der Waals surface area (Å²) in [6.07, 6.45) is 0. The number of carbonyl (C=O) groups is 4. The number of benzene rings is 1. The standard InChI is InChI=1S/C14H15N3O4/c1-8(2)15-14(21)16-11(18)7-17-12(19)9-5-3-4-6-10(9)13(17)20/h3-6,8H,7H2,1-2H3,(H2,15,16,18,21). The third-order valence-electron chi connectivity index (χ3n) is 2.85. The average Bonchev–Trinajstić information content (AvgIpc) is 2.63. The zero-order chi connectivity index (χ0) is 15.6. The van der Waals surface area contributed by atoms with Crippen LogP contribution in [0.3, 0.4) is 0 Å². The number of rotatable bonds is 3. The molecule has 0 bridgehead atoms. The van der Waals surface area contributed by atoms with Crippen molar-refractivity contribution in [3.05, 3.63) is 35.4 Å². The van der Waals surface area contributed by atoms with Crippen molar-refractivity contribution in [1.82, 2.24) is 15.5 Å². The molecule has 0 saturated carbocycles. The molecular weight excluding hydrogens is 274 g/mol. The first-order valence-electron chi connectivity index (χ1n) is 6.45. The van der Waals surface area contributed by atoms with E-state index in [0.29, 0.717) is 0 Å². The second-order valence-electron chi connectivity index (χ2n) is 4.92. The largest absolute Gasteiger partial charge is 0.336 e. The van der Waals surface area contributed by atoms with Gasteiger partial charge in [0, 0.05) is 6.04 Å². The van der Waals surface area contributed by atoms with E-state index in [-0.39, 0.29) is 17.2 Å². The molecule has 1 heterocycles. The van der Waals surface area contributed by atoms with Gasteiger partial charge in [-0.2, -0.15) is 0 Å². The molecule has 0 aromatic heterocycles. The minimum Gasteiger partial charge on any atom is -0.336 e. The van der Waals surface area contributed by atoms with Crippen LogP contribution in [0.1, 0.15) is 34.6 Å². The lowest BCUT2D eigenvalue weighted by Crippen LogP contribution is -2.47. The number of urea groups is 1. The van der Waals surface area contributed by atoms with Crippen molar-refractivity contribution in [3.63, 3.8) is 0 Å². The molecule has 1 aromatic carbocycles. The molecule has 110 valence electrons. The summed E-state index contributed by atoms with van der Waals surface area (Å²) in [5, 5.41) is 4.55. The fourth-order valence-corrected chi connectivity index (χ4v) is 1.99. The van der Waals surface area contributed by atoms with Crippen LogP contribution in [0, 0.1) is 0 Å². The molecule has 21 heavy (non-hydrogen) atoms. The predicted molar refractivity (Wildman–Crippen MR) is 73.6 cm³/mol. The molecule has 0 aliphatic carbocycles. The number of imide groups is 2. The highest BCUT2D eigenvalue weighted by atomic mass is 16.2. The van der Waals surface area contributed by atoms with Gasteiger partial charge in [0.05, 0.1) is 11.1 Å². The van der Waals surface area contributed by atoms with Crippen molar-refractivity contribution in [2.24, 2.45) is 0 Å². The van der Waals surface area contributed by atoms with Gasteiger partial charge in [-0.05, 0) is 26.0 Å². The summed E-state index contributed by atoms with van der Waals surface area (Å²) in [6.45, 7) is 3.00. The summed E-state index contributed by atoms with van der Waals surface area (Å²) in [5.74, 6) is -1.78. The Balaban J connectivity index is 2.02. The average molecular weight is 289 g/mol. The normalized spacial score (nSPS) is 13.4. The van der Waals surface area contributed by atoms with Gasteiger partial charge in [0.1, 0.15) is 6.54 Å². The van der Waals surface area contributed by atoms with Crippen LogP contribution in [-0.2, 0) is 4.79 Å². The van der Waals surface area contributed by atoms with Gasteiger partial charge in [-0.1, -0.05) is 12.1 Å². The smallest absolute Gasteiger partial charge is 0.321 e.